The Morgan fingerprint density at radius 2 is 2.17 bits per heavy atom. The Hall–Kier alpha value is -0.870. The van der Waals surface area contributed by atoms with Gasteiger partial charge in [-0.1, -0.05) is 19.3 Å². The van der Waals surface area contributed by atoms with Crippen LogP contribution in [0.4, 0.5) is 0 Å². The predicted octanol–water partition coefficient (Wildman–Crippen LogP) is 1.77. The number of aryl methyl sites for hydroxylation is 1. The maximum Gasteiger partial charge on any atom is 0.0644 e. The van der Waals surface area contributed by atoms with Crippen LogP contribution in [-0.2, 0) is 13.1 Å². The second-order valence-electron chi connectivity index (χ2n) is 5.36. The van der Waals surface area contributed by atoms with E-state index in [1.165, 1.54) is 36.9 Å². The second kappa shape index (κ2) is 6.34. The Morgan fingerprint density at radius 1 is 1.39 bits per heavy atom. The second-order valence-corrected chi connectivity index (χ2v) is 5.36. The molecule has 1 aliphatic carbocycles. The fourth-order valence-electron chi connectivity index (χ4n) is 2.60. The summed E-state index contributed by atoms with van der Waals surface area (Å²) in [6.45, 7) is 6.87. The molecule has 0 aromatic carbocycles. The molecule has 4 heteroatoms. The van der Waals surface area contributed by atoms with E-state index in [9.17, 15) is 0 Å². The van der Waals surface area contributed by atoms with Gasteiger partial charge in [0.25, 0.3) is 0 Å². The number of hydrogen-bond donors (Lipinski definition) is 2. The van der Waals surface area contributed by atoms with Crippen LogP contribution in [0, 0.1) is 19.8 Å². The smallest absolute Gasteiger partial charge is 0.0644 e. The Bertz CT molecular complexity index is 383. The van der Waals surface area contributed by atoms with Gasteiger partial charge in [-0.05, 0) is 32.7 Å². The van der Waals surface area contributed by atoms with Gasteiger partial charge in [0.05, 0.1) is 18.8 Å². The van der Waals surface area contributed by atoms with E-state index in [0.717, 1.165) is 24.7 Å². The van der Waals surface area contributed by atoms with E-state index in [1.54, 1.807) is 0 Å². The molecule has 0 unspecified atom stereocenters. The fourth-order valence-corrected chi connectivity index (χ4v) is 2.60. The molecule has 0 spiro atoms. The highest BCUT2D eigenvalue weighted by Gasteiger charge is 2.16. The van der Waals surface area contributed by atoms with E-state index in [2.05, 4.69) is 17.3 Å². The molecular weight excluding hydrogens is 226 g/mol. The zero-order valence-electron chi connectivity index (χ0n) is 11.6. The lowest BCUT2D eigenvalue weighted by Crippen LogP contribution is -2.21. The van der Waals surface area contributed by atoms with Gasteiger partial charge in [0.1, 0.15) is 0 Å². The van der Waals surface area contributed by atoms with Crippen molar-refractivity contribution in [3.63, 3.8) is 0 Å². The summed E-state index contributed by atoms with van der Waals surface area (Å²) in [6.07, 6.45) is 5.59. The Kier molecular flexibility index (Phi) is 4.78. The first-order valence-corrected chi connectivity index (χ1v) is 7.07. The van der Waals surface area contributed by atoms with Crippen LogP contribution in [0.15, 0.2) is 0 Å². The molecule has 1 fully saturated rings. The van der Waals surface area contributed by atoms with Gasteiger partial charge in [-0.25, -0.2) is 0 Å². The number of rotatable bonds is 7. The minimum Gasteiger partial charge on any atom is -0.394 e. The summed E-state index contributed by atoms with van der Waals surface area (Å²) in [5.74, 6) is 0.969. The van der Waals surface area contributed by atoms with Gasteiger partial charge in [-0.3, -0.25) is 4.68 Å². The molecule has 0 saturated heterocycles. The molecule has 1 heterocycles. The molecule has 2 N–H and O–H groups in total. The molecule has 0 radical (unpaired) electrons. The summed E-state index contributed by atoms with van der Waals surface area (Å²) < 4.78 is 1.90. The van der Waals surface area contributed by atoms with Crippen LogP contribution in [0.1, 0.15) is 42.6 Å². The molecule has 1 aliphatic rings. The average Bonchev–Trinajstić information content (AvgIpc) is 2.54. The number of nitrogens with one attached hydrogen (secondary N) is 1. The minimum atomic E-state index is 0.149. The van der Waals surface area contributed by atoms with Gasteiger partial charge >= 0.3 is 0 Å². The van der Waals surface area contributed by atoms with Crippen molar-refractivity contribution < 1.29 is 5.11 Å². The zero-order chi connectivity index (χ0) is 13.0. The average molecular weight is 251 g/mol. The summed E-state index contributed by atoms with van der Waals surface area (Å²) >= 11 is 0. The van der Waals surface area contributed by atoms with Gasteiger partial charge in [-0.15, -0.1) is 0 Å². The van der Waals surface area contributed by atoms with Crippen molar-refractivity contribution in [1.29, 1.82) is 0 Å². The van der Waals surface area contributed by atoms with E-state index < -0.39 is 0 Å². The van der Waals surface area contributed by atoms with Crippen LogP contribution in [0.2, 0.25) is 0 Å². The molecule has 1 aromatic rings. The third kappa shape index (κ3) is 3.12. The summed E-state index contributed by atoms with van der Waals surface area (Å²) in [6, 6.07) is 0. The topological polar surface area (TPSA) is 50.1 Å². The van der Waals surface area contributed by atoms with E-state index in [1.807, 2.05) is 11.6 Å². The number of nitrogens with zero attached hydrogens (tertiary/aromatic N) is 2. The van der Waals surface area contributed by atoms with E-state index >= 15 is 0 Å². The highest BCUT2D eigenvalue weighted by molar-refractivity contribution is 5.24. The summed E-state index contributed by atoms with van der Waals surface area (Å²) in [5, 5.41) is 17.0. The molecule has 0 aliphatic heterocycles. The molecular formula is C14H25N3O. The molecule has 1 saturated carbocycles. The normalized spacial score (nSPS) is 15.9. The molecule has 0 atom stereocenters. The highest BCUT2D eigenvalue weighted by atomic mass is 16.3. The van der Waals surface area contributed by atoms with Crippen molar-refractivity contribution >= 4 is 0 Å². The summed E-state index contributed by atoms with van der Waals surface area (Å²) in [5.41, 5.74) is 3.55. The predicted molar refractivity (Wildman–Crippen MR) is 72.5 cm³/mol. The third-order valence-electron chi connectivity index (χ3n) is 4.10. The van der Waals surface area contributed by atoms with Crippen molar-refractivity contribution in [2.75, 3.05) is 13.2 Å². The maximum absolute atomic E-state index is 8.98. The number of aliphatic hydroxyl groups is 1. The van der Waals surface area contributed by atoms with Gasteiger partial charge in [0.15, 0.2) is 0 Å². The van der Waals surface area contributed by atoms with Crippen LogP contribution in [0.25, 0.3) is 0 Å². The Morgan fingerprint density at radius 3 is 2.78 bits per heavy atom. The van der Waals surface area contributed by atoms with E-state index in [4.69, 9.17) is 5.11 Å². The number of hydrogen-bond acceptors (Lipinski definition) is 3. The van der Waals surface area contributed by atoms with Crippen LogP contribution in [0.5, 0.6) is 0 Å². The van der Waals surface area contributed by atoms with Crippen molar-refractivity contribution in [2.45, 2.75) is 52.6 Å². The SMILES string of the molecule is Cc1nn(CCO)c(C)c1CNCCC1CCC1. The molecule has 2 rings (SSSR count). The van der Waals surface area contributed by atoms with Gasteiger partial charge in [0, 0.05) is 17.8 Å². The molecule has 0 bridgehead atoms. The summed E-state index contributed by atoms with van der Waals surface area (Å²) in [4.78, 5) is 0. The monoisotopic (exact) mass is 251 g/mol. The highest BCUT2D eigenvalue weighted by Crippen LogP contribution is 2.28. The van der Waals surface area contributed by atoms with Crippen molar-refractivity contribution in [1.82, 2.24) is 15.1 Å². The summed E-state index contributed by atoms with van der Waals surface area (Å²) in [7, 11) is 0. The largest absolute Gasteiger partial charge is 0.394 e. The van der Waals surface area contributed by atoms with Gasteiger partial charge in [0.2, 0.25) is 0 Å². The van der Waals surface area contributed by atoms with Crippen molar-refractivity contribution in [3.8, 4) is 0 Å². The third-order valence-corrected chi connectivity index (χ3v) is 4.10. The van der Waals surface area contributed by atoms with Gasteiger partial charge in [-0.2, -0.15) is 5.10 Å². The minimum absolute atomic E-state index is 0.149. The number of aromatic nitrogens is 2. The molecule has 102 valence electrons. The Balaban J connectivity index is 1.80. The molecule has 4 nitrogen and oxygen atoms in total. The molecule has 0 amide bonds. The first kappa shape index (κ1) is 13.6. The van der Waals surface area contributed by atoms with Crippen LogP contribution in [0.3, 0.4) is 0 Å². The number of aliphatic hydroxyl groups excluding tert-OH is 1. The van der Waals surface area contributed by atoms with Crippen molar-refractivity contribution in [2.24, 2.45) is 5.92 Å². The molecule has 18 heavy (non-hydrogen) atoms. The standard InChI is InChI=1S/C14H25N3O/c1-11-14(12(2)17(16-11)8-9-18)10-15-7-6-13-4-3-5-13/h13,15,18H,3-10H2,1-2H3. The first-order chi connectivity index (χ1) is 8.72. The zero-order valence-corrected chi connectivity index (χ0v) is 11.6. The fraction of sp³-hybridized carbons (Fsp3) is 0.786. The first-order valence-electron chi connectivity index (χ1n) is 7.07. The quantitative estimate of drug-likeness (QED) is 0.726. The van der Waals surface area contributed by atoms with E-state index in [-0.39, 0.29) is 6.61 Å². The Labute approximate surface area is 109 Å². The van der Waals surface area contributed by atoms with E-state index in [0.29, 0.717) is 6.54 Å². The lowest BCUT2D eigenvalue weighted by Gasteiger charge is -2.25. The van der Waals surface area contributed by atoms with Gasteiger partial charge < -0.3 is 10.4 Å². The van der Waals surface area contributed by atoms with Crippen LogP contribution in [-0.4, -0.2) is 28.0 Å². The maximum atomic E-state index is 8.98. The van der Waals surface area contributed by atoms with Crippen LogP contribution < -0.4 is 5.32 Å². The lowest BCUT2D eigenvalue weighted by molar-refractivity contribution is 0.267. The van der Waals surface area contributed by atoms with Crippen LogP contribution >= 0.6 is 0 Å². The van der Waals surface area contributed by atoms with Crippen molar-refractivity contribution in [3.05, 3.63) is 17.0 Å². The lowest BCUT2D eigenvalue weighted by atomic mass is 9.83. The molecule has 1 aromatic heterocycles.